The van der Waals surface area contributed by atoms with Crippen molar-refractivity contribution >= 4 is 27.5 Å². The summed E-state index contributed by atoms with van der Waals surface area (Å²) in [7, 11) is 0. The Morgan fingerprint density at radius 2 is 1.81 bits per heavy atom. The van der Waals surface area contributed by atoms with Gasteiger partial charge in [-0.2, -0.15) is 18.4 Å². The Kier molecular flexibility index (Phi) is 6.41. The van der Waals surface area contributed by atoms with Crippen LogP contribution in [0.25, 0.3) is 0 Å². The van der Waals surface area contributed by atoms with Crippen molar-refractivity contribution in [1.29, 1.82) is 5.26 Å². The SMILES string of the molecule is N#C/C(=C/NCc1ccccc1Br)C(=O)Nc1ccccc1C(F)(F)F. The molecule has 0 saturated carbocycles. The van der Waals surface area contributed by atoms with Crippen molar-refractivity contribution < 1.29 is 18.0 Å². The average molecular weight is 424 g/mol. The largest absolute Gasteiger partial charge is 0.418 e. The predicted molar refractivity (Wildman–Crippen MR) is 94.8 cm³/mol. The lowest BCUT2D eigenvalue weighted by Crippen LogP contribution is -2.19. The van der Waals surface area contributed by atoms with Crippen LogP contribution < -0.4 is 10.6 Å². The maximum absolute atomic E-state index is 13.0. The number of halogens is 4. The van der Waals surface area contributed by atoms with Gasteiger partial charge in [0.1, 0.15) is 11.6 Å². The molecule has 0 saturated heterocycles. The lowest BCUT2D eigenvalue weighted by atomic mass is 10.1. The Hall–Kier alpha value is -2.79. The molecule has 0 unspecified atom stereocenters. The normalized spacial score (nSPS) is 11.6. The number of anilines is 1. The van der Waals surface area contributed by atoms with Gasteiger partial charge in [-0.1, -0.05) is 46.3 Å². The Morgan fingerprint density at radius 3 is 2.46 bits per heavy atom. The molecular formula is C18H13BrF3N3O. The monoisotopic (exact) mass is 423 g/mol. The first kappa shape index (κ1) is 19.5. The molecule has 0 atom stereocenters. The second-order valence-electron chi connectivity index (χ2n) is 5.14. The molecule has 0 aliphatic carbocycles. The third kappa shape index (κ3) is 5.10. The smallest absolute Gasteiger partial charge is 0.386 e. The molecule has 0 fully saturated rings. The summed E-state index contributed by atoms with van der Waals surface area (Å²) < 4.78 is 39.7. The van der Waals surface area contributed by atoms with Gasteiger partial charge in [0.25, 0.3) is 5.91 Å². The van der Waals surface area contributed by atoms with Crippen LogP contribution in [0.15, 0.2) is 64.8 Å². The third-order valence-corrected chi connectivity index (χ3v) is 4.12. The van der Waals surface area contributed by atoms with E-state index in [2.05, 4.69) is 26.6 Å². The van der Waals surface area contributed by atoms with Gasteiger partial charge in [-0.25, -0.2) is 0 Å². The van der Waals surface area contributed by atoms with Crippen LogP contribution in [0.1, 0.15) is 11.1 Å². The molecule has 0 aromatic heterocycles. The van der Waals surface area contributed by atoms with Crippen molar-refractivity contribution in [3.05, 3.63) is 75.9 Å². The minimum atomic E-state index is -4.61. The van der Waals surface area contributed by atoms with Crippen molar-refractivity contribution in [2.45, 2.75) is 12.7 Å². The zero-order chi connectivity index (χ0) is 19.2. The number of hydrogen-bond acceptors (Lipinski definition) is 3. The van der Waals surface area contributed by atoms with Crippen molar-refractivity contribution in [3.63, 3.8) is 0 Å². The zero-order valence-electron chi connectivity index (χ0n) is 13.3. The minimum absolute atomic E-state index is 0.332. The number of nitrogens with one attached hydrogen (secondary N) is 2. The topological polar surface area (TPSA) is 64.9 Å². The van der Waals surface area contributed by atoms with Crippen LogP contribution >= 0.6 is 15.9 Å². The summed E-state index contributed by atoms with van der Waals surface area (Å²) in [5.41, 5.74) is -0.832. The molecule has 0 aliphatic rings. The Balaban J connectivity index is 2.10. The van der Waals surface area contributed by atoms with Gasteiger partial charge >= 0.3 is 6.18 Å². The van der Waals surface area contributed by atoms with E-state index in [9.17, 15) is 18.0 Å². The van der Waals surface area contributed by atoms with Crippen LogP contribution in [0.2, 0.25) is 0 Å². The maximum atomic E-state index is 13.0. The van der Waals surface area contributed by atoms with Gasteiger partial charge < -0.3 is 10.6 Å². The van der Waals surface area contributed by atoms with E-state index in [1.165, 1.54) is 18.3 Å². The maximum Gasteiger partial charge on any atom is 0.418 e. The number of hydrogen-bond donors (Lipinski definition) is 2. The second-order valence-corrected chi connectivity index (χ2v) is 5.99. The van der Waals surface area contributed by atoms with Crippen LogP contribution in [0, 0.1) is 11.3 Å². The van der Waals surface area contributed by atoms with Gasteiger partial charge in [-0.05, 0) is 23.8 Å². The molecule has 2 N–H and O–H groups in total. The number of para-hydroxylation sites is 1. The van der Waals surface area contributed by atoms with Crippen molar-refractivity contribution in [1.82, 2.24) is 5.32 Å². The van der Waals surface area contributed by atoms with Gasteiger partial charge in [0.05, 0.1) is 11.3 Å². The Bertz CT molecular complexity index is 872. The van der Waals surface area contributed by atoms with E-state index in [0.717, 1.165) is 22.2 Å². The first-order valence-electron chi connectivity index (χ1n) is 7.37. The highest BCUT2D eigenvalue weighted by atomic mass is 79.9. The number of rotatable bonds is 5. The van der Waals surface area contributed by atoms with Gasteiger partial charge in [0, 0.05) is 17.2 Å². The third-order valence-electron chi connectivity index (χ3n) is 3.34. The van der Waals surface area contributed by atoms with Crippen LogP contribution in [0.3, 0.4) is 0 Å². The summed E-state index contributed by atoms with van der Waals surface area (Å²) in [4.78, 5) is 12.1. The number of nitrogens with zero attached hydrogens (tertiary/aromatic N) is 1. The van der Waals surface area contributed by atoms with E-state index < -0.39 is 23.3 Å². The Morgan fingerprint density at radius 1 is 1.15 bits per heavy atom. The predicted octanol–water partition coefficient (Wildman–Crippen LogP) is 4.60. The number of nitriles is 1. The summed E-state index contributed by atoms with van der Waals surface area (Å²) in [5.74, 6) is -0.927. The fourth-order valence-corrected chi connectivity index (χ4v) is 2.51. The van der Waals surface area contributed by atoms with E-state index in [-0.39, 0.29) is 5.57 Å². The van der Waals surface area contributed by atoms with Crippen molar-refractivity contribution in [3.8, 4) is 6.07 Å². The van der Waals surface area contributed by atoms with Gasteiger partial charge in [0.2, 0.25) is 0 Å². The summed E-state index contributed by atoms with van der Waals surface area (Å²) >= 11 is 3.37. The lowest BCUT2D eigenvalue weighted by Gasteiger charge is -2.13. The quantitative estimate of drug-likeness (QED) is 0.545. The van der Waals surface area contributed by atoms with Gasteiger partial charge in [-0.15, -0.1) is 0 Å². The molecule has 0 bridgehead atoms. The van der Waals surface area contributed by atoms with Crippen molar-refractivity contribution in [2.75, 3.05) is 5.32 Å². The molecule has 134 valence electrons. The summed E-state index contributed by atoms with van der Waals surface area (Å²) in [6.07, 6.45) is -3.44. The highest BCUT2D eigenvalue weighted by molar-refractivity contribution is 9.10. The molecule has 2 aromatic carbocycles. The Labute approximate surface area is 156 Å². The highest BCUT2D eigenvalue weighted by Gasteiger charge is 2.33. The first-order valence-corrected chi connectivity index (χ1v) is 8.17. The second kappa shape index (κ2) is 8.54. The molecule has 4 nitrogen and oxygen atoms in total. The van der Waals surface area contributed by atoms with E-state index >= 15 is 0 Å². The number of alkyl halides is 3. The van der Waals surface area contributed by atoms with Gasteiger partial charge in [-0.3, -0.25) is 4.79 Å². The molecular weight excluding hydrogens is 411 g/mol. The summed E-state index contributed by atoms with van der Waals surface area (Å²) in [6, 6.07) is 13.6. The fourth-order valence-electron chi connectivity index (χ4n) is 2.08. The van der Waals surface area contributed by atoms with Crippen LogP contribution in [0.4, 0.5) is 18.9 Å². The van der Waals surface area contributed by atoms with Crippen LogP contribution in [-0.4, -0.2) is 5.91 Å². The van der Waals surface area contributed by atoms with Crippen LogP contribution in [-0.2, 0) is 17.5 Å². The molecule has 0 spiro atoms. The lowest BCUT2D eigenvalue weighted by molar-refractivity contribution is -0.137. The van der Waals surface area contributed by atoms with E-state index in [4.69, 9.17) is 5.26 Å². The first-order chi connectivity index (χ1) is 12.3. The molecule has 0 radical (unpaired) electrons. The van der Waals surface area contributed by atoms with E-state index in [1.54, 1.807) is 6.07 Å². The molecule has 0 heterocycles. The zero-order valence-corrected chi connectivity index (χ0v) is 14.9. The summed E-state index contributed by atoms with van der Waals surface area (Å²) in [6.45, 7) is 0.332. The molecule has 0 aliphatic heterocycles. The standard InChI is InChI=1S/C18H13BrF3N3O/c19-15-7-3-1-5-12(15)10-24-11-13(9-23)17(26)25-16-8-4-2-6-14(16)18(20,21)22/h1-8,11,24H,10H2,(H,25,26)/b13-11-. The molecule has 8 heteroatoms. The number of carbonyl (C=O) groups excluding carboxylic acids is 1. The molecule has 1 amide bonds. The summed E-state index contributed by atoms with van der Waals surface area (Å²) in [5, 5.41) is 14.0. The van der Waals surface area contributed by atoms with E-state index in [0.29, 0.717) is 6.54 Å². The number of amides is 1. The average Bonchev–Trinajstić information content (AvgIpc) is 2.59. The van der Waals surface area contributed by atoms with Crippen LogP contribution in [0.5, 0.6) is 0 Å². The molecule has 2 rings (SSSR count). The van der Waals surface area contributed by atoms with Crippen molar-refractivity contribution in [2.24, 2.45) is 0 Å². The van der Waals surface area contributed by atoms with Gasteiger partial charge in [0.15, 0.2) is 0 Å². The number of carbonyl (C=O) groups is 1. The fraction of sp³-hybridized carbons (Fsp3) is 0.111. The molecule has 26 heavy (non-hydrogen) atoms. The highest BCUT2D eigenvalue weighted by Crippen LogP contribution is 2.34. The van der Waals surface area contributed by atoms with E-state index in [1.807, 2.05) is 24.3 Å². The number of benzene rings is 2. The molecule has 2 aromatic rings. The minimum Gasteiger partial charge on any atom is -0.386 e.